The molecule has 1 saturated heterocycles. The molecule has 1 atom stereocenters. The van der Waals surface area contributed by atoms with Crippen LogP contribution in [0.25, 0.3) is 6.08 Å². The van der Waals surface area contributed by atoms with Crippen molar-refractivity contribution in [3.8, 4) is 0 Å². The van der Waals surface area contributed by atoms with Crippen molar-refractivity contribution in [2.75, 3.05) is 6.54 Å². The van der Waals surface area contributed by atoms with Crippen LogP contribution in [0.1, 0.15) is 24.5 Å². The van der Waals surface area contributed by atoms with Crippen LogP contribution in [0.2, 0.25) is 0 Å². The van der Waals surface area contributed by atoms with Crippen LogP contribution in [0, 0.1) is 0 Å². The average Bonchev–Trinajstić information content (AvgIpc) is 3.05. The molecular weight excluding hydrogens is 456 g/mol. The first-order valence-electron chi connectivity index (χ1n) is 10.4. The fourth-order valence-corrected chi connectivity index (χ4v) is 4.64. The maximum Gasteiger partial charge on any atom is 0.326 e. The van der Waals surface area contributed by atoms with Crippen LogP contribution in [0.5, 0.6) is 0 Å². The van der Waals surface area contributed by atoms with Crippen molar-refractivity contribution in [1.29, 1.82) is 0 Å². The third-order valence-corrected chi connectivity index (χ3v) is 6.28. The van der Waals surface area contributed by atoms with Gasteiger partial charge in [0.05, 0.1) is 4.91 Å². The number of aliphatic carboxylic acids is 1. The van der Waals surface area contributed by atoms with Gasteiger partial charge >= 0.3 is 5.97 Å². The number of rotatable bonds is 9. The molecule has 0 aliphatic carbocycles. The second-order valence-electron chi connectivity index (χ2n) is 7.53. The fraction of sp³-hybridized carbons (Fsp3) is 0.200. The molecule has 0 radical (unpaired) electrons. The lowest BCUT2D eigenvalue weighted by atomic mass is 10.1. The highest BCUT2D eigenvalue weighted by Crippen LogP contribution is 2.32. The number of carbonyl (C=O) groups excluding carboxylic acids is 2. The first-order valence-corrected chi connectivity index (χ1v) is 11.6. The second kappa shape index (κ2) is 11.6. The number of nitrogens with zero attached hydrogens (tertiary/aromatic N) is 1. The molecule has 6 nitrogen and oxygen atoms in total. The van der Waals surface area contributed by atoms with Crippen molar-refractivity contribution in [3.05, 3.63) is 88.3 Å². The predicted octanol–water partition coefficient (Wildman–Crippen LogP) is 4.04. The van der Waals surface area contributed by atoms with E-state index in [4.69, 9.17) is 12.2 Å². The lowest BCUT2D eigenvalue weighted by Gasteiger charge is -2.17. The maximum absolute atomic E-state index is 12.8. The van der Waals surface area contributed by atoms with Crippen molar-refractivity contribution >= 4 is 52.2 Å². The van der Waals surface area contributed by atoms with Crippen molar-refractivity contribution in [2.45, 2.75) is 25.8 Å². The Bertz CT molecular complexity index is 1100. The molecule has 8 heteroatoms. The van der Waals surface area contributed by atoms with Crippen molar-refractivity contribution in [3.63, 3.8) is 0 Å². The molecule has 3 rings (SSSR count). The van der Waals surface area contributed by atoms with Crippen LogP contribution >= 0.6 is 24.0 Å². The molecule has 0 aromatic heterocycles. The van der Waals surface area contributed by atoms with Gasteiger partial charge in [0.25, 0.3) is 5.91 Å². The number of benzene rings is 2. The highest BCUT2D eigenvalue weighted by Gasteiger charge is 2.32. The highest BCUT2D eigenvalue weighted by atomic mass is 32.2. The monoisotopic (exact) mass is 480 g/mol. The number of allylic oxidation sites excluding steroid dienone is 2. The summed E-state index contributed by atoms with van der Waals surface area (Å²) in [5.74, 6) is -1.81. The summed E-state index contributed by atoms with van der Waals surface area (Å²) in [5.41, 5.74) is 2.75. The normalized spacial score (nSPS) is 16.2. The Labute approximate surface area is 202 Å². The van der Waals surface area contributed by atoms with Crippen LogP contribution in [0.4, 0.5) is 0 Å². The van der Waals surface area contributed by atoms with Gasteiger partial charge in [-0.1, -0.05) is 90.7 Å². The number of carboxylic acid groups (broad SMARTS) is 1. The van der Waals surface area contributed by atoms with E-state index in [1.165, 1.54) is 16.7 Å². The van der Waals surface area contributed by atoms with E-state index >= 15 is 0 Å². The second-order valence-corrected chi connectivity index (χ2v) is 9.21. The Morgan fingerprint density at radius 2 is 1.76 bits per heavy atom. The number of carbonyl (C=O) groups is 3. The zero-order chi connectivity index (χ0) is 23.8. The third kappa shape index (κ3) is 7.13. The van der Waals surface area contributed by atoms with Crippen molar-refractivity contribution < 1.29 is 19.5 Å². The number of amides is 2. The molecule has 2 N–H and O–H groups in total. The van der Waals surface area contributed by atoms with E-state index < -0.39 is 17.9 Å². The Hall–Kier alpha value is -3.23. The number of thiocarbonyl (C=S) groups is 1. The Kier molecular flexibility index (Phi) is 8.57. The van der Waals surface area contributed by atoms with Crippen LogP contribution in [-0.2, 0) is 20.8 Å². The standard InChI is InChI=1S/C25H24N2O4S2/c1-17(14-18-8-4-2-5-9-18)15-21-23(29)27(25(32)33-21)13-12-22(28)26-20(24(30)31)16-19-10-6-3-7-11-19/h2-11,14-15,20H,12-13,16H2,1H3,(H,26,28)(H,30,31)/b17-14+,21-15+/t20-/m1/s1. The largest absolute Gasteiger partial charge is 0.480 e. The number of thioether (sulfide) groups is 1. The topological polar surface area (TPSA) is 86.7 Å². The molecule has 1 aliphatic rings. The van der Waals surface area contributed by atoms with Gasteiger partial charge in [-0.2, -0.15) is 0 Å². The molecule has 2 amide bonds. The summed E-state index contributed by atoms with van der Waals surface area (Å²) in [4.78, 5) is 38.6. The first kappa shape index (κ1) is 24.4. The zero-order valence-electron chi connectivity index (χ0n) is 18.1. The number of hydrogen-bond donors (Lipinski definition) is 2. The third-order valence-electron chi connectivity index (χ3n) is 4.90. The van der Waals surface area contributed by atoms with E-state index in [-0.39, 0.29) is 25.3 Å². The minimum absolute atomic E-state index is 0.0445. The van der Waals surface area contributed by atoms with E-state index in [9.17, 15) is 19.5 Å². The van der Waals surface area contributed by atoms with Gasteiger partial charge in [-0.25, -0.2) is 4.79 Å². The quantitative estimate of drug-likeness (QED) is 0.416. The summed E-state index contributed by atoms with van der Waals surface area (Å²) in [6.07, 6.45) is 3.89. The molecule has 170 valence electrons. The summed E-state index contributed by atoms with van der Waals surface area (Å²) in [6, 6.07) is 17.8. The summed E-state index contributed by atoms with van der Waals surface area (Å²) in [5, 5.41) is 12.0. The van der Waals surface area contributed by atoms with Gasteiger partial charge < -0.3 is 10.4 Å². The van der Waals surface area contributed by atoms with Gasteiger partial charge in [-0.05, 0) is 29.7 Å². The maximum atomic E-state index is 12.8. The predicted molar refractivity (Wildman–Crippen MR) is 134 cm³/mol. The van der Waals surface area contributed by atoms with Crippen molar-refractivity contribution in [1.82, 2.24) is 10.2 Å². The molecular formula is C25H24N2O4S2. The molecule has 1 heterocycles. The summed E-state index contributed by atoms with van der Waals surface area (Å²) >= 11 is 6.52. The van der Waals surface area contributed by atoms with Gasteiger partial charge in [0.2, 0.25) is 5.91 Å². The van der Waals surface area contributed by atoms with Gasteiger partial charge in [0.15, 0.2) is 0 Å². The number of nitrogens with one attached hydrogen (secondary N) is 1. The number of hydrogen-bond acceptors (Lipinski definition) is 5. The van der Waals surface area contributed by atoms with Crippen LogP contribution in [0.15, 0.2) is 77.2 Å². The SMILES string of the molecule is CC(=C\c1ccccc1)/C=C1/SC(=S)N(CCC(=O)N[C@H](Cc2ccccc2)C(=O)O)C1=O. The first-order chi connectivity index (χ1) is 15.8. The van der Waals surface area contributed by atoms with Gasteiger partial charge in [0, 0.05) is 19.4 Å². The highest BCUT2D eigenvalue weighted by molar-refractivity contribution is 8.26. The fourth-order valence-electron chi connectivity index (χ4n) is 3.28. The van der Waals surface area contributed by atoms with E-state index in [2.05, 4.69) is 5.32 Å². The van der Waals surface area contributed by atoms with Gasteiger partial charge in [0.1, 0.15) is 10.4 Å². The molecule has 0 bridgehead atoms. The van der Waals surface area contributed by atoms with Crippen LogP contribution in [-0.4, -0.2) is 44.7 Å². The average molecular weight is 481 g/mol. The van der Waals surface area contributed by atoms with Crippen LogP contribution in [0.3, 0.4) is 0 Å². The molecule has 2 aromatic rings. The summed E-state index contributed by atoms with van der Waals surface area (Å²) in [7, 11) is 0. The Morgan fingerprint density at radius 3 is 2.39 bits per heavy atom. The molecule has 1 aliphatic heterocycles. The summed E-state index contributed by atoms with van der Waals surface area (Å²) < 4.78 is 0.380. The molecule has 1 fully saturated rings. The van der Waals surface area contributed by atoms with E-state index in [1.54, 1.807) is 6.08 Å². The lowest BCUT2D eigenvalue weighted by molar-refractivity contribution is -0.141. The van der Waals surface area contributed by atoms with Crippen LogP contribution < -0.4 is 5.32 Å². The summed E-state index contributed by atoms with van der Waals surface area (Å²) in [6.45, 7) is 2.00. The molecule has 33 heavy (non-hydrogen) atoms. The van der Waals surface area contributed by atoms with Gasteiger partial charge in [-0.15, -0.1) is 0 Å². The Morgan fingerprint density at radius 1 is 1.12 bits per heavy atom. The van der Waals surface area contributed by atoms with Gasteiger partial charge in [-0.3, -0.25) is 14.5 Å². The molecule has 2 aromatic carbocycles. The van der Waals surface area contributed by atoms with Crippen molar-refractivity contribution in [2.24, 2.45) is 0 Å². The van der Waals surface area contributed by atoms with E-state index in [0.29, 0.717) is 9.23 Å². The zero-order valence-corrected chi connectivity index (χ0v) is 19.7. The smallest absolute Gasteiger partial charge is 0.326 e. The number of carboxylic acids is 1. The molecule has 0 saturated carbocycles. The lowest BCUT2D eigenvalue weighted by Crippen LogP contribution is -2.43. The minimum atomic E-state index is -1.11. The van der Waals surface area contributed by atoms with E-state index in [0.717, 1.165) is 16.7 Å². The minimum Gasteiger partial charge on any atom is -0.480 e. The Balaban J connectivity index is 1.57. The molecule has 0 spiro atoms. The van der Waals surface area contributed by atoms with E-state index in [1.807, 2.05) is 73.7 Å². The molecule has 0 unspecified atom stereocenters.